The quantitative estimate of drug-likeness (QED) is 0.914. The molecule has 0 aliphatic carbocycles. The first-order valence-corrected chi connectivity index (χ1v) is 5.47. The molecule has 0 aliphatic rings. The fraction of sp³-hybridized carbons (Fsp3) is 0.250. The predicted octanol–water partition coefficient (Wildman–Crippen LogP) is 2.64. The van der Waals surface area contributed by atoms with E-state index in [4.69, 9.17) is 10.5 Å². The molecule has 0 aliphatic heterocycles. The first-order valence-electron chi connectivity index (χ1n) is 5.47. The minimum Gasteiger partial charge on any atom is -0.437 e. The number of nitrogen functional groups attached to an aromatic ring is 1. The van der Waals surface area contributed by atoms with E-state index >= 15 is 0 Å². The molecule has 1 aromatic carbocycles. The summed E-state index contributed by atoms with van der Waals surface area (Å²) >= 11 is 0. The van der Waals surface area contributed by atoms with Crippen LogP contribution in [0.1, 0.15) is 12.6 Å². The van der Waals surface area contributed by atoms with Crippen LogP contribution < -0.4 is 10.5 Å². The van der Waals surface area contributed by atoms with Gasteiger partial charge in [-0.3, -0.25) is 0 Å². The topological polar surface area (TPSA) is 53.1 Å². The molecule has 0 fully saturated rings. The van der Waals surface area contributed by atoms with Gasteiger partial charge in [-0.05, 0) is 18.6 Å². The van der Waals surface area contributed by atoms with Crippen molar-refractivity contribution >= 4 is 5.69 Å². The van der Waals surface area contributed by atoms with Crippen LogP contribution in [0.15, 0.2) is 18.2 Å². The first-order chi connectivity index (χ1) is 8.52. The number of aromatic nitrogens is 2. The Labute approximate surface area is 103 Å². The molecule has 2 rings (SSSR count). The van der Waals surface area contributed by atoms with Gasteiger partial charge in [0.15, 0.2) is 11.6 Å². The van der Waals surface area contributed by atoms with Crippen LogP contribution in [0, 0.1) is 11.6 Å². The fourth-order valence-electron chi connectivity index (χ4n) is 1.61. The van der Waals surface area contributed by atoms with E-state index in [1.54, 1.807) is 7.05 Å². The Morgan fingerprint density at radius 2 is 2.06 bits per heavy atom. The molecule has 1 aromatic heterocycles. The molecule has 0 amide bonds. The van der Waals surface area contributed by atoms with Gasteiger partial charge >= 0.3 is 0 Å². The summed E-state index contributed by atoms with van der Waals surface area (Å²) in [7, 11) is 1.67. The third-order valence-electron chi connectivity index (χ3n) is 2.55. The lowest BCUT2D eigenvalue weighted by atomic mass is 10.3. The predicted molar refractivity (Wildman–Crippen MR) is 63.4 cm³/mol. The first kappa shape index (κ1) is 12.3. The van der Waals surface area contributed by atoms with E-state index in [1.165, 1.54) is 10.7 Å². The maximum atomic E-state index is 13.0. The summed E-state index contributed by atoms with van der Waals surface area (Å²) in [5.74, 6) is -1.40. The summed E-state index contributed by atoms with van der Waals surface area (Å²) in [6, 6.07) is 3.29. The summed E-state index contributed by atoms with van der Waals surface area (Å²) < 4.78 is 32.7. The second kappa shape index (κ2) is 4.64. The Morgan fingerprint density at radius 3 is 2.61 bits per heavy atom. The van der Waals surface area contributed by atoms with Crippen molar-refractivity contribution < 1.29 is 13.5 Å². The van der Waals surface area contributed by atoms with Gasteiger partial charge in [0.1, 0.15) is 11.4 Å². The van der Waals surface area contributed by atoms with Crippen molar-refractivity contribution in [3.63, 3.8) is 0 Å². The standard InChI is InChI=1S/C12H13F2N3O/c1-3-10-11(15)12(17(2)16-10)18-7-4-5-8(13)9(14)6-7/h4-6H,3,15H2,1-2H3. The van der Waals surface area contributed by atoms with Crippen LogP contribution in [0.2, 0.25) is 0 Å². The van der Waals surface area contributed by atoms with Crippen LogP contribution in [0.5, 0.6) is 11.6 Å². The van der Waals surface area contributed by atoms with Crippen LogP contribution in [0.3, 0.4) is 0 Å². The van der Waals surface area contributed by atoms with Crippen molar-refractivity contribution in [3.8, 4) is 11.6 Å². The monoisotopic (exact) mass is 253 g/mol. The Morgan fingerprint density at radius 1 is 1.33 bits per heavy atom. The number of hydrogen-bond acceptors (Lipinski definition) is 3. The van der Waals surface area contributed by atoms with Gasteiger partial charge < -0.3 is 10.5 Å². The molecule has 0 saturated heterocycles. The molecule has 18 heavy (non-hydrogen) atoms. The van der Waals surface area contributed by atoms with Gasteiger partial charge in [-0.25, -0.2) is 13.5 Å². The van der Waals surface area contributed by atoms with Crippen molar-refractivity contribution in [2.75, 3.05) is 5.73 Å². The highest BCUT2D eigenvalue weighted by molar-refractivity contribution is 5.54. The third kappa shape index (κ3) is 2.13. The second-order valence-electron chi connectivity index (χ2n) is 3.82. The Kier molecular flexibility index (Phi) is 3.18. The smallest absolute Gasteiger partial charge is 0.241 e. The van der Waals surface area contributed by atoms with Crippen molar-refractivity contribution in [1.82, 2.24) is 9.78 Å². The van der Waals surface area contributed by atoms with Crippen molar-refractivity contribution in [3.05, 3.63) is 35.5 Å². The lowest BCUT2D eigenvalue weighted by Gasteiger charge is -2.06. The van der Waals surface area contributed by atoms with E-state index in [1.807, 2.05) is 6.92 Å². The van der Waals surface area contributed by atoms with Crippen LogP contribution in [0.4, 0.5) is 14.5 Å². The lowest BCUT2D eigenvalue weighted by molar-refractivity contribution is 0.423. The number of nitrogens with two attached hydrogens (primary N) is 1. The molecule has 0 saturated carbocycles. The number of aryl methyl sites for hydroxylation is 2. The van der Waals surface area contributed by atoms with Crippen LogP contribution in [0.25, 0.3) is 0 Å². The Balaban J connectivity index is 2.33. The van der Waals surface area contributed by atoms with Gasteiger partial charge in [0, 0.05) is 13.1 Å². The van der Waals surface area contributed by atoms with Gasteiger partial charge in [0.05, 0.1) is 5.69 Å². The number of benzene rings is 1. The SMILES string of the molecule is CCc1nn(C)c(Oc2ccc(F)c(F)c2)c1N. The number of anilines is 1. The Hall–Kier alpha value is -2.11. The number of rotatable bonds is 3. The minimum atomic E-state index is -0.969. The lowest BCUT2D eigenvalue weighted by Crippen LogP contribution is -1.97. The highest BCUT2D eigenvalue weighted by Gasteiger charge is 2.14. The van der Waals surface area contributed by atoms with Crippen LogP contribution in [-0.2, 0) is 13.5 Å². The summed E-state index contributed by atoms with van der Waals surface area (Å²) in [4.78, 5) is 0. The van der Waals surface area contributed by atoms with E-state index in [0.717, 1.165) is 12.1 Å². The zero-order valence-electron chi connectivity index (χ0n) is 10.1. The van der Waals surface area contributed by atoms with Gasteiger partial charge in [0.25, 0.3) is 0 Å². The second-order valence-corrected chi connectivity index (χ2v) is 3.82. The van der Waals surface area contributed by atoms with Crippen LogP contribution in [-0.4, -0.2) is 9.78 Å². The van der Waals surface area contributed by atoms with Crippen molar-refractivity contribution in [1.29, 1.82) is 0 Å². The molecular formula is C12H13F2N3O. The van der Waals surface area contributed by atoms with Crippen molar-refractivity contribution in [2.45, 2.75) is 13.3 Å². The molecule has 0 unspecified atom stereocenters. The maximum Gasteiger partial charge on any atom is 0.241 e. The largest absolute Gasteiger partial charge is 0.437 e. The third-order valence-corrected chi connectivity index (χ3v) is 2.55. The van der Waals surface area contributed by atoms with E-state index in [9.17, 15) is 8.78 Å². The molecule has 2 aromatic rings. The highest BCUT2D eigenvalue weighted by atomic mass is 19.2. The number of ether oxygens (including phenoxy) is 1. The van der Waals surface area contributed by atoms with Crippen LogP contribution >= 0.6 is 0 Å². The number of nitrogens with zero attached hydrogens (tertiary/aromatic N) is 2. The number of hydrogen-bond donors (Lipinski definition) is 1. The van der Waals surface area contributed by atoms with E-state index < -0.39 is 11.6 Å². The summed E-state index contributed by atoms with van der Waals surface area (Å²) in [5, 5.41) is 4.16. The molecule has 6 heteroatoms. The summed E-state index contributed by atoms with van der Waals surface area (Å²) in [6.45, 7) is 1.92. The molecule has 1 heterocycles. The molecule has 0 radical (unpaired) electrons. The molecular weight excluding hydrogens is 240 g/mol. The average molecular weight is 253 g/mol. The van der Waals surface area contributed by atoms with Gasteiger partial charge in [-0.15, -0.1) is 0 Å². The average Bonchev–Trinajstić information content (AvgIpc) is 2.61. The summed E-state index contributed by atoms with van der Waals surface area (Å²) in [6.07, 6.45) is 0.667. The highest BCUT2D eigenvalue weighted by Crippen LogP contribution is 2.30. The van der Waals surface area contributed by atoms with Gasteiger partial charge in [0.2, 0.25) is 5.88 Å². The molecule has 4 nitrogen and oxygen atoms in total. The van der Waals surface area contributed by atoms with E-state index in [-0.39, 0.29) is 5.75 Å². The zero-order chi connectivity index (χ0) is 13.3. The van der Waals surface area contributed by atoms with Gasteiger partial charge in [-0.2, -0.15) is 5.10 Å². The fourth-order valence-corrected chi connectivity index (χ4v) is 1.61. The normalized spacial score (nSPS) is 10.7. The van der Waals surface area contributed by atoms with Gasteiger partial charge in [-0.1, -0.05) is 6.92 Å². The minimum absolute atomic E-state index is 0.172. The molecule has 96 valence electrons. The maximum absolute atomic E-state index is 13.0. The molecule has 0 atom stereocenters. The van der Waals surface area contributed by atoms with E-state index in [0.29, 0.717) is 23.7 Å². The molecule has 0 bridgehead atoms. The summed E-state index contributed by atoms with van der Waals surface area (Å²) in [5.41, 5.74) is 6.97. The Bertz CT molecular complexity index is 581. The molecule has 2 N–H and O–H groups in total. The van der Waals surface area contributed by atoms with E-state index in [2.05, 4.69) is 5.10 Å². The van der Waals surface area contributed by atoms with Crippen molar-refractivity contribution in [2.24, 2.45) is 7.05 Å². The molecule has 0 spiro atoms. The number of halogens is 2. The zero-order valence-corrected chi connectivity index (χ0v) is 10.1.